The number of nitro benzene ring substituents is 1. The molecule has 0 aliphatic rings. The maximum Gasteiger partial charge on any atom is 0.277 e. The molecule has 0 fully saturated rings. The molecule has 0 spiro atoms. The SMILES string of the molecule is O=[N+]([O-])c1cc2ccccc2c2ccc(O)cc12. The minimum absolute atomic E-state index is 0.0135. The van der Waals surface area contributed by atoms with Crippen LogP contribution in [0.5, 0.6) is 5.75 Å². The molecule has 0 bridgehead atoms. The number of rotatable bonds is 1. The van der Waals surface area contributed by atoms with Gasteiger partial charge in [0.05, 0.1) is 10.3 Å². The number of benzene rings is 3. The third-order valence-corrected chi connectivity index (χ3v) is 3.02. The molecule has 3 rings (SSSR count). The number of nitrogens with zero attached hydrogens (tertiary/aromatic N) is 1. The van der Waals surface area contributed by atoms with Crippen LogP contribution in [0.2, 0.25) is 0 Å². The Labute approximate surface area is 102 Å². The maximum atomic E-state index is 11.1. The number of aromatic hydroxyl groups is 1. The van der Waals surface area contributed by atoms with E-state index in [1.165, 1.54) is 12.1 Å². The van der Waals surface area contributed by atoms with Gasteiger partial charge in [-0.25, -0.2) is 0 Å². The van der Waals surface area contributed by atoms with Gasteiger partial charge in [0.25, 0.3) is 5.69 Å². The Balaban J connectivity index is 2.58. The summed E-state index contributed by atoms with van der Waals surface area (Å²) in [5.41, 5.74) is 0.0135. The van der Waals surface area contributed by atoms with Crippen LogP contribution in [0.4, 0.5) is 5.69 Å². The van der Waals surface area contributed by atoms with Gasteiger partial charge in [-0.1, -0.05) is 24.3 Å². The molecule has 3 aromatic carbocycles. The highest BCUT2D eigenvalue weighted by atomic mass is 16.6. The first-order valence-corrected chi connectivity index (χ1v) is 5.46. The predicted octanol–water partition coefficient (Wildman–Crippen LogP) is 3.61. The molecule has 1 N–H and O–H groups in total. The van der Waals surface area contributed by atoms with Gasteiger partial charge < -0.3 is 5.11 Å². The van der Waals surface area contributed by atoms with Crippen molar-refractivity contribution in [2.45, 2.75) is 0 Å². The molecule has 0 atom stereocenters. The number of fused-ring (bicyclic) bond motifs is 3. The monoisotopic (exact) mass is 239 g/mol. The first-order chi connectivity index (χ1) is 8.66. The van der Waals surface area contributed by atoms with E-state index in [-0.39, 0.29) is 11.4 Å². The molecular formula is C14H9NO3. The summed E-state index contributed by atoms with van der Waals surface area (Å²) in [6, 6.07) is 13.7. The van der Waals surface area contributed by atoms with Gasteiger partial charge >= 0.3 is 0 Å². The van der Waals surface area contributed by atoms with Gasteiger partial charge in [-0.05, 0) is 34.4 Å². The number of hydrogen-bond donors (Lipinski definition) is 1. The summed E-state index contributed by atoms with van der Waals surface area (Å²) in [6.45, 7) is 0. The zero-order valence-corrected chi connectivity index (χ0v) is 9.33. The highest BCUT2D eigenvalue weighted by molar-refractivity contribution is 6.11. The predicted molar refractivity (Wildman–Crippen MR) is 69.8 cm³/mol. The standard InChI is InChI=1S/C14H9NO3/c16-10-5-6-12-11-4-2-1-3-9(11)7-14(15(17)18)13(12)8-10/h1-8,16H. The molecule has 88 valence electrons. The van der Waals surface area contributed by atoms with Gasteiger partial charge in [0.2, 0.25) is 0 Å². The number of non-ortho nitro benzene ring substituents is 1. The van der Waals surface area contributed by atoms with Crippen molar-refractivity contribution < 1.29 is 10.0 Å². The molecule has 0 radical (unpaired) electrons. The Bertz CT molecular complexity index is 780. The first-order valence-electron chi connectivity index (χ1n) is 5.46. The van der Waals surface area contributed by atoms with Crippen molar-refractivity contribution in [2.75, 3.05) is 0 Å². The van der Waals surface area contributed by atoms with Crippen LogP contribution in [-0.2, 0) is 0 Å². The van der Waals surface area contributed by atoms with E-state index in [0.29, 0.717) is 5.39 Å². The van der Waals surface area contributed by atoms with E-state index in [9.17, 15) is 15.2 Å². The van der Waals surface area contributed by atoms with Crippen LogP contribution in [0.25, 0.3) is 21.5 Å². The molecule has 0 aromatic heterocycles. The molecule has 0 saturated carbocycles. The molecule has 18 heavy (non-hydrogen) atoms. The lowest BCUT2D eigenvalue weighted by Crippen LogP contribution is -1.90. The second kappa shape index (κ2) is 3.70. The van der Waals surface area contributed by atoms with Crippen molar-refractivity contribution in [3.8, 4) is 5.75 Å². The lowest BCUT2D eigenvalue weighted by Gasteiger charge is -2.05. The fourth-order valence-corrected chi connectivity index (χ4v) is 2.22. The average Bonchev–Trinajstić information content (AvgIpc) is 2.37. The number of phenols is 1. The third kappa shape index (κ3) is 1.47. The van der Waals surface area contributed by atoms with Crippen molar-refractivity contribution in [1.29, 1.82) is 0 Å². The van der Waals surface area contributed by atoms with Crippen LogP contribution in [0.1, 0.15) is 0 Å². The van der Waals surface area contributed by atoms with Gasteiger partial charge in [-0.2, -0.15) is 0 Å². The van der Waals surface area contributed by atoms with Gasteiger partial charge in [-0.15, -0.1) is 0 Å². The van der Waals surface area contributed by atoms with Gasteiger partial charge in [-0.3, -0.25) is 10.1 Å². The van der Waals surface area contributed by atoms with E-state index >= 15 is 0 Å². The van der Waals surface area contributed by atoms with E-state index in [2.05, 4.69) is 0 Å². The second-order valence-corrected chi connectivity index (χ2v) is 4.10. The van der Waals surface area contributed by atoms with Crippen LogP contribution >= 0.6 is 0 Å². The summed E-state index contributed by atoms with van der Waals surface area (Å²) < 4.78 is 0. The van der Waals surface area contributed by atoms with E-state index in [1.54, 1.807) is 12.1 Å². The molecule has 3 aromatic rings. The van der Waals surface area contributed by atoms with Crippen molar-refractivity contribution in [3.05, 3.63) is 58.6 Å². The first kappa shape index (κ1) is 10.5. The van der Waals surface area contributed by atoms with Gasteiger partial charge in [0, 0.05) is 6.07 Å². The second-order valence-electron chi connectivity index (χ2n) is 4.10. The molecule has 0 unspecified atom stereocenters. The summed E-state index contributed by atoms with van der Waals surface area (Å²) >= 11 is 0. The summed E-state index contributed by atoms with van der Waals surface area (Å²) in [5, 5.41) is 23.6. The van der Waals surface area contributed by atoms with E-state index < -0.39 is 4.92 Å². The number of nitro groups is 1. The molecule has 0 aliphatic carbocycles. The average molecular weight is 239 g/mol. The van der Waals surface area contributed by atoms with Crippen molar-refractivity contribution in [1.82, 2.24) is 0 Å². The molecule has 0 amide bonds. The highest BCUT2D eigenvalue weighted by Gasteiger charge is 2.15. The Morgan fingerprint density at radius 3 is 2.50 bits per heavy atom. The molecule has 0 saturated heterocycles. The molecule has 4 heteroatoms. The summed E-state index contributed by atoms with van der Waals surface area (Å²) in [7, 11) is 0. The highest BCUT2D eigenvalue weighted by Crippen LogP contribution is 2.34. The lowest BCUT2D eigenvalue weighted by atomic mass is 10.0. The van der Waals surface area contributed by atoms with Crippen LogP contribution in [0.3, 0.4) is 0 Å². The van der Waals surface area contributed by atoms with Crippen molar-refractivity contribution in [2.24, 2.45) is 0 Å². The van der Waals surface area contributed by atoms with Crippen molar-refractivity contribution in [3.63, 3.8) is 0 Å². The van der Waals surface area contributed by atoms with Gasteiger partial charge in [0.15, 0.2) is 0 Å². The van der Waals surface area contributed by atoms with Crippen LogP contribution in [0.15, 0.2) is 48.5 Å². The van der Waals surface area contributed by atoms with Crippen molar-refractivity contribution >= 4 is 27.2 Å². The molecule has 4 nitrogen and oxygen atoms in total. The van der Waals surface area contributed by atoms with Crippen LogP contribution in [-0.4, -0.2) is 10.0 Å². The summed E-state index contributed by atoms with van der Waals surface area (Å²) in [4.78, 5) is 10.7. The normalized spacial score (nSPS) is 10.9. The Hall–Kier alpha value is -2.62. The van der Waals surface area contributed by atoms with Crippen LogP contribution < -0.4 is 0 Å². The topological polar surface area (TPSA) is 63.4 Å². The zero-order chi connectivity index (χ0) is 12.7. The quantitative estimate of drug-likeness (QED) is 0.401. The fourth-order valence-electron chi connectivity index (χ4n) is 2.22. The maximum absolute atomic E-state index is 11.1. The summed E-state index contributed by atoms with van der Waals surface area (Å²) in [5.74, 6) is 0.0286. The van der Waals surface area contributed by atoms with E-state index in [4.69, 9.17) is 0 Å². The molecule has 0 heterocycles. The minimum Gasteiger partial charge on any atom is -0.508 e. The summed E-state index contributed by atoms with van der Waals surface area (Å²) in [6.07, 6.45) is 0. The van der Waals surface area contributed by atoms with Crippen LogP contribution in [0, 0.1) is 10.1 Å². The molecular weight excluding hydrogens is 230 g/mol. The minimum atomic E-state index is -0.422. The Morgan fingerprint density at radius 2 is 1.72 bits per heavy atom. The molecule has 0 aliphatic heterocycles. The lowest BCUT2D eigenvalue weighted by molar-refractivity contribution is -0.382. The fraction of sp³-hybridized carbons (Fsp3) is 0. The largest absolute Gasteiger partial charge is 0.508 e. The zero-order valence-electron chi connectivity index (χ0n) is 9.33. The van der Waals surface area contributed by atoms with E-state index in [0.717, 1.165) is 16.2 Å². The Kier molecular flexibility index (Phi) is 2.16. The number of phenolic OH excluding ortho intramolecular Hbond substituents is 1. The number of hydrogen-bond acceptors (Lipinski definition) is 3. The Morgan fingerprint density at radius 1 is 0.944 bits per heavy atom. The smallest absolute Gasteiger partial charge is 0.277 e. The van der Waals surface area contributed by atoms with Gasteiger partial charge in [0.1, 0.15) is 5.75 Å². The third-order valence-electron chi connectivity index (χ3n) is 3.02. The van der Waals surface area contributed by atoms with E-state index in [1.807, 2.05) is 24.3 Å².